The number of nitrogens with one attached hydrogen (secondary N) is 1. The molecule has 9 heteroatoms. The Kier molecular flexibility index (Phi) is 7.37. The number of aromatic nitrogens is 4. The van der Waals surface area contributed by atoms with E-state index in [0.717, 1.165) is 40.6 Å². The van der Waals surface area contributed by atoms with Gasteiger partial charge in [-0.2, -0.15) is 10.4 Å². The fourth-order valence-corrected chi connectivity index (χ4v) is 5.22. The van der Waals surface area contributed by atoms with Gasteiger partial charge in [0.15, 0.2) is 0 Å². The van der Waals surface area contributed by atoms with Crippen LogP contribution in [0.3, 0.4) is 0 Å². The third-order valence-corrected chi connectivity index (χ3v) is 7.54. The summed E-state index contributed by atoms with van der Waals surface area (Å²) >= 11 is 0. The van der Waals surface area contributed by atoms with Gasteiger partial charge in [-0.3, -0.25) is 5.32 Å². The molecule has 41 heavy (non-hydrogen) atoms. The van der Waals surface area contributed by atoms with E-state index in [1.54, 1.807) is 11.0 Å². The highest BCUT2D eigenvalue weighted by molar-refractivity contribution is 5.96. The van der Waals surface area contributed by atoms with Crippen molar-refractivity contribution in [2.75, 3.05) is 11.9 Å². The van der Waals surface area contributed by atoms with Crippen LogP contribution in [0, 0.1) is 11.3 Å². The van der Waals surface area contributed by atoms with Crippen LogP contribution >= 0.6 is 0 Å². The van der Waals surface area contributed by atoms with Gasteiger partial charge in [0.2, 0.25) is 0 Å². The number of benzene rings is 3. The Labute approximate surface area is 238 Å². The van der Waals surface area contributed by atoms with E-state index in [0.29, 0.717) is 36.2 Å². The summed E-state index contributed by atoms with van der Waals surface area (Å²) < 4.78 is 15.6. The van der Waals surface area contributed by atoms with Crippen molar-refractivity contribution in [3.63, 3.8) is 0 Å². The monoisotopic (exact) mass is 546 g/mol. The van der Waals surface area contributed by atoms with Gasteiger partial charge < -0.3 is 14.0 Å². The number of amides is 1. The average molecular weight is 547 g/mol. The molecule has 1 aliphatic carbocycles. The lowest BCUT2D eigenvalue weighted by Crippen LogP contribution is -2.18. The maximum atomic E-state index is 12.5. The zero-order valence-corrected chi connectivity index (χ0v) is 22.7. The number of ether oxygens (including phenoxy) is 2. The fraction of sp³-hybridized carbons (Fsp3) is 0.250. The number of carbonyl (C=O) groups is 1. The number of rotatable bonds is 9. The van der Waals surface area contributed by atoms with E-state index >= 15 is 0 Å². The Bertz CT molecular complexity index is 1680. The average Bonchev–Trinajstić information content (AvgIpc) is 3.59. The summed E-state index contributed by atoms with van der Waals surface area (Å²) in [6.07, 6.45) is 5.57. The normalized spacial score (nSPS) is 13.8. The molecule has 1 fully saturated rings. The van der Waals surface area contributed by atoms with Crippen molar-refractivity contribution in [2.24, 2.45) is 0 Å². The van der Waals surface area contributed by atoms with E-state index in [2.05, 4.69) is 26.0 Å². The topological polar surface area (TPSA) is 107 Å². The van der Waals surface area contributed by atoms with Crippen LogP contribution in [-0.2, 0) is 11.3 Å². The highest BCUT2D eigenvalue weighted by Crippen LogP contribution is 2.43. The lowest BCUT2D eigenvalue weighted by atomic mass is 9.92. The van der Waals surface area contributed by atoms with E-state index in [9.17, 15) is 10.1 Å². The lowest BCUT2D eigenvalue weighted by Gasteiger charge is -2.30. The van der Waals surface area contributed by atoms with Crippen LogP contribution < -0.4 is 10.1 Å². The van der Waals surface area contributed by atoms with Gasteiger partial charge in [-0.1, -0.05) is 42.5 Å². The minimum absolute atomic E-state index is 0.334. The van der Waals surface area contributed by atoms with Gasteiger partial charge in [0.05, 0.1) is 23.3 Å². The van der Waals surface area contributed by atoms with Gasteiger partial charge in [-0.15, -0.1) is 0 Å². The summed E-state index contributed by atoms with van der Waals surface area (Å²) in [6, 6.07) is 25.9. The maximum Gasteiger partial charge on any atom is 0.412 e. The third kappa shape index (κ3) is 5.50. The molecule has 0 radical (unpaired) electrons. The standard InChI is InChI=1S/C32H30N6O3/c1-22(23-6-3-2-4-7-23)41-32(39)36-25-12-10-24(11-13-25)31-29(19-33)28-18-27(40-17-16-37-21-34-20-35-37)14-15-30(28)38(31)26-8-5-9-26/h2-4,6-7,10-15,18,20-22,26H,5,8-9,16-17H2,1H3,(H,36,39)/t22-/m1/s1. The molecule has 0 saturated heterocycles. The first-order valence-corrected chi connectivity index (χ1v) is 13.8. The predicted octanol–water partition coefficient (Wildman–Crippen LogP) is 6.89. The molecule has 6 rings (SSSR count). The molecule has 1 N–H and O–H groups in total. The van der Waals surface area contributed by atoms with Crippen molar-refractivity contribution in [2.45, 2.75) is 44.9 Å². The van der Waals surface area contributed by atoms with Gasteiger partial charge in [0.25, 0.3) is 0 Å². The second-order valence-electron chi connectivity index (χ2n) is 10.1. The van der Waals surface area contributed by atoms with E-state index in [1.165, 1.54) is 12.7 Å². The van der Waals surface area contributed by atoms with E-state index < -0.39 is 6.09 Å². The molecule has 1 saturated carbocycles. The molecule has 206 valence electrons. The minimum atomic E-state index is -0.522. The van der Waals surface area contributed by atoms with Gasteiger partial charge in [0, 0.05) is 17.1 Å². The summed E-state index contributed by atoms with van der Waals surface area (Å²) in [5.74, 6) is 0.703. The summed E-state index contributed by atoms with van der Waals surface area (Å²) in [4.78, 5) is 16.5. The van der Waals surface area contributed by atoms with Crippen LogP contribution in [-0.4, -0.2) is 32.0 Å². The third-order valence-electron chi connectivity index (χ3n) is 7.54. The summed E-state index contributed by atoms with van der Waals surface area (Å²) in [6.45, 7) is 2.86. The highest BCUT2D eigenvalue weighted by atomic mass is 16.6. The number of carbonyl (C=O) groups excluding carboxylic acids is 1. The van der Waals surface area contributed by atoms with E-state index in [-0.39, 0.29) is 6.10 Å². The van der Waals surface area contributed by atoms with Crippen LogP contribution in [0.25, 0.3) is 22.2 Å². The van der Waals surface area contributed by atoms with E-state index in [4.69, 9.17) is 9.47 Å². The van der Waals surface area contributed by atoms with Crippen LogP contribution in [0.15, 0.2) is 85.5 Å². The van der Waals surface area contributed by atoms with Crippen molar-refractivity contribution in [3.8, 4) is 23.1 Å². The Morgan fingerprint density at radius 1 is 1.12 bits per heavy atom. The summed E-state index contributed by atoms with van der Waals surface area (Å²) in [5, 5.41) is 18.1. The fourth-order valence-electron chi connectivity index (χ4n) is 5.22. The first kappa shape index (κ1) is 26.1. The Hall–Kier alpha value is -5.10. The van der Waals surface area contributed by atoms with Gasteiger partial charge in [-0.05, 0) is 67.6 Å². The number of nitrogens with zero attached hydrogens (tertiary/aromatic N) is 5. The number of hydrogen-bond acceptors (Lipinski definition) is 6. The summed E-state index contributed by atoms with van der Waals surface area (Å²) in [5.41, 5.74) is 4.98. The molecule has 5 aromatic rings. The van der Waals surface area contributed by atoms with Gasteiger partial charge in [-0.25, -0.2) is 14.5 Å². The molecule has 0 spiro atoms. The number of nitriles is 1. The molecule has 0 bridgehead atoms. The second kappa shape index (κ2) is 11.6. The Balaban J connectivity index is 1.24. The Morgan fingerprint density at radius 3 is 2.61 bits per heavy atom. The molecule has 1 amide bonds. The highest BCUT2D eigenvalue weighted by Gasteiger charge is 2.28. The molecule has 1 aliphatic rings. The zero-order valence-electron chi connectivity index (χ0n) is 22.7. The first-order chi connectivity index (χ1) is 20.1. The molecule has 0 unspecified atom stereocenters. The first-order valence-electron chi connectivity index (χ1n) is 13.8. The van der Waals surface area contributed by atoms with Gasteiger partial charge in [0.1, 0.15) is 37.2 Å². The second-order valence-corrected chi connectivity index (χ2v) is 10.1. The largest absolute Gasteiger partial charge is 0.492 e. The maximum absolute atomic E-state index is 12.5. The van der Waals surface area contributed by atoms with Crippen molar-refractivity contribution < 1.29 is 14.3 Å². The lowest BCUT2D eigenvalue weighted by molar-refractivity contribution is 0.121. The van der Waals surface area contributed by atoms with Gasteiger partial charge >= 0.3 is 6.09 Å². The zero-order chi connectivity index (χ0) is 28.2. The SMILES string of the molecule is C[C@@H](OC(=O)Nc1ccc(-c2c(C#N)c3cc(OCCn4cncn4)ccc3n2C2CCC2)cc1)c1ccccc1. The van der Waals surface area contributed by atoms with Crippen LogP contribution in [0.4, 0.5) is 10.5 Å². The minimum Gasteiger partial charge on any atom is -0.492 e. The molecule has 1 atom stereocenters. The Morgan fingerprint density at radius 2 is 1.93 bits per heavy atom. The molecule has 9 nitrogen and oxygen atoms in total. The van der Waals surface area contributed by atoms with Crippen molar-refractivity contribution >= 4 is 22.7 Å². The van der Waals surface area contributed by atoms with Crippen molar-refractivity contribution in [1.29, 1.82) is 5.26 Å². The van der Waals surface area contributed by atoms with Crippen LogP contribution in [0.2, 0.25) is 0 Å². The van der Waals surface area contributed by atoms with E-state index in [1.807, 2.05) is 79.7 Å². The quantitative estimate of drug-likeness (QED) is 0.216. The molecule has 3 aromatic carbocycles. The number of hydrogen-bond donors (Lipinski definition) is 1. The number of fused-ring (bicyclic) bond motifs is 1. The molecular formula is C32H30N6O3. The smallest absolute Gasteiger partial charge is 0.412 e. The molecular weight excluding hydrogens is 516 g/mol. The van der Waals surface area contributed by atoms with Crippen molar-refractivity contribution in [3.05, 3.63) is 96.6 Å². The number of anilines is 1. The van der Waals surface area contributed by atoms with Crippen LogP contribution in [0.1, 0.15) is 49.5 Å². The summed E-state index contributed by atoms with van der Waals surface area (Å²) in [7, 11) is 0. The van der Waals surface area contributed by atoms with Crippen molar-refractivity contribution in [1.82, 2.24) is 19.3 Å². The molecule has 2 aromatic heterocycles. The van der Waals surface area contributed by atoms with Crippen LogP contribution in [0.5, 0.6) is 5.75 Å². The molecule has 0 aliphatic heterocycles. The predicted molar refractivity (Wildman–Crippen MR) is 155 cm³/mol. The molecule has 2 heterocycles.